The van der Waals surface area contributed by atoms with Gasteiger partial charge in [-0.1, -0.05) is 34.6 Å². The van der Waals surface area contributed by atoms with Gasteiger partial charge in [0.15, 0.2) is 0 Å². The summed E-state index contributed by atoms with van der Waals surface area (Å²) in [4.78, 5) is 11.8. The molecule has 24 heavy (non-hydrogen) atoms. The summed E-state index contributed by atoms with van der Waals surface area (Å²) >= 11 is 0. The molecule has 0 aromatic rings. The van der Waals surface area contributed by atoms with Gasteiger partial charge >= 0.3 is 6.16 Å². The van der Waals surface area contributed by atoms with Crippen molar-refractivity contribution < 1.29 is 24.1 Å². The third kappa shape index (κ3) is 7.84. The van der Waals surface area contributed by atoms with Crippen molar-refractivity contribution in [3.8, 4) is 0 Å². The molecule has 5 heteroatoms. The molecule has 0 bridgehead atoms. The Morgan fingerprint density at radius 3 is 2.00 bits per heavy atom. The highest BCUT2D eigenvalue weighted by atomic mass is 16.7. The van der Waals surface area contributed by atoms with Crippen molar-refractivity contribution in [3.63, 3.8) is 0 Å². The zero-order valence-corrected chi connectivity index (χ0v) is 16.8. The standard InChI is InChI=1S/C19H38O5/c1-9-18(7,10-2)24-17(20)23-12-14(4)16(6)22-13-15(5)19(8,21)11-3/h14-16,21H,9-13H2,1-8H3/t14?,15?,16-,19?/m0/s1. The van der Waals surface area contributed by atoms with Crippen molar-refractivity contribution in [1.82, 2.24) is 0 Å². The molecule has 0 spiro atoms. The fourth-order valence-electron chi connectivity index (χ4n) is 1.95. The molecule has 0 rings (SSSR count). The van der Waals surface area contributed by atoms with Crippen LogP contribution in [0.15, 0.2) is 0 Å². The summed E-state index contributed by atoms with van der Waals surface area (Å²) in [7, 11) is 0. The molecular weight excluding hydrogens is 308 g/mol. The molecule has 5 nitrogen and oxygen atoms in total. The number of hydrogen-bond acceptors (Lipinski definition) is 5. The first-order valence-electron chi connectivity index (χ1n) is 9.21. The van der Waals surface area contributed by atoms with Crippen LogP contribution in [0.1, 0.15) is 74.7 Å². The Balaban J connectivity index is 4.23. The molecule has 4 atom stereocenters. The monoisotopic (exact) mass is 346 g/mol. The highest BCUT2D eigenvalue weighted by Crippen LogP contribution is 2.23. The van der Waals surface area contributed by atoms with Gasteiger partial charge in [0.1, 0.15) is 5.60 Å². The topological polar surface area (TPSA) is 65.0 Å². The zero-order chi connectivity index (χ0) is 19.0. The molecule has 0 saturated carbocycles. The number of carbonyl (C=O) groups is 1. The van der Waals surface area contributed by atoms with Crippen molar-refractivity contribution in [2.45, 2.75) is 92.0 Å². The molecule has 0 radical (unpaired) electrons. The van der Waals surface area contributed by atoms with Gasteiger partial charge in [-0.3, -0.25) is 0 Å². The molecule has 0 aliphatic rings. The Morgan fingerprint density at radius 2 is 1.54 bits per heavy atom. The van der Waals surface area contributed by atoms with Crippen LogP contribution >= 0.6 is 0 Å². The van der Waals surface area contributed by atoms with Crippen LogP contribution in [0.25, 0.3) is 0 Å². The summed E-state index contributed by atoms with van der Waals surface area (Å²) in [5, 5.41) is 10.2. The fourth-order valence-corrected chi connectivity index (χ4v) is 1.95. The summed E-state index contributed by atoms with van der Waals surface area (Å²) in [5.74, 6) is 0.0867. The van der Waals surface area contributed by atoms with Gasteiger partial charge in [0, 0.05) is 11.8 Å². The molecule has 0 amide bonds. The molecule has 0 aromatic carbocycles. The van der Waals surface area contributed by atoms with E-state index in [1.165, 1.54) is 0 Å². The first-order valence-corrected chi connectivity index (χ1v) is 9.21. The average molecular weight is 347 g/mol. The van der Waals surface area contributed by atoms with Crippen LogP contribution < -0.4 is 0 Å². The minimum atomic E-state index is -0.728. The second kappa shape index (κ2) is 10.2. The largest absolute Gasteiger partial charge is 0.508 e. The molecule has 3 unspecified atom stereocenters. The van der Waals surface area contributed by atoms with E-state index < -0.39 is 17.4 Å². The molecule has 0 aliphatic heterocycles. The van der Waals surface area contributed by atoms with E-state index in [0.717, 1.165) is 12.8 Å². The lowest BCUT2D eigenvalue weighted by molar-refractivity contribution is -0.0735. The predicted molar refractivity (Wildman–Crippen MR) is 96.1 cm³/mol. The first kappa shape index (κ1) is 23.2. The second-order valence-electron chi connectivity index (χ2n) is 7.45. The number of rotatable bonds is 11. The lowest BCUT2D eigenvalue weighted by Crippen LogP contribution is -2.37. The molecule has 0 fully saturated rings. The Morgan fingerprint density at radius 1 is 1.00 bits per heavy atom. The third-order valence-electron chi connectivity index (χ3n) is 5.48. The summed E-state index contributed by atoms with van der Waals surface area (Å²) < 4.78 is 16.5. The number of carbonyl (C=O) groups excluding carboxylic acids is 1. The molecule has 0 saturated heterocycles. The van der Waals surface area contributed by atoms with E-state index in [1.54, 1.807) is 0 Å². The quantitative estimate of drug-likeness (QED) is 0.556. The van der Waals surface area contributed by atoms with Crippen LogP contribution in [-0.2, 0) is 14.2 Å². The SMILES string of the molecule is CCC(C)(CC)OC(=O)OCC(C)[C@H](C)OCC(C)C(C)(O)CC. The number of ether oxygens (including phenoxy) is 3. The zero-order valence-electron chi connectivity index (χ0n) is 16.8. The van der Waals surface area contributed by atoms with Crippen molar-refractivity contribution in [2.75, 3.05) is 13.2 Å². The predicted octanol–water partition coefficient (Wildman–Crippen LogP) is 4.56. The first-order chi connectivity index (χ1) is 11.0. The molecule has 0 aliphatic carbocycles. The third-order valence-corrected chi connectivity index (χ3v) is 5.48. The van der Waals surface area contributed by atoms with Gasteiger partial charge < -0.3 is 19.3 Å². The second-order valence-corrected chi connectivity index (χ2v) is 7.45. The summed E-state index contributed by atoms with van der Waals surface area (Å²) in [6, 6.07) is 0. The van der Waals surface area contributed by atoms with E-state index in [-0.39, 0.29) is 24.5 Å². The maximum absolute atomic E-state index is 11.8. The lowest BCUT2D eigenvalue weighted by atomic mass is 9.89. The van der Waals surface area contributed by atoms with Gasteiger partial charge in [0.2, 0.25) is 0 Å². The maximum Gasteiger partial charge on any atom is 0.508 e. The van der Waals surface area contributed by atoms with Crippen molar-refractivity contribution in [2.24, 2.45) is 11.8 Å². The molecule has 1 N–H and O–H groups in total. The molecule has 0 heterocycles. The molecular formula is C19H38O5. The highest BCUT2D eigenvalue weighted by molar-refractivity contribution is 5.60. The van der Waals surface area contributed by atoms with Gasteiger partial charge in [-0.2, -0.15) is 0 Å². The maximum atomic E-state index is 11.8. The Hall–Kier alpha value is -0.810. The van der Waals surface area contributed by atoms with Crippen molar-refractivity contribution in [1.29, 1.82) is 0 Å². The van der Waals surface area contributed by atoms with Crippen molar-refractivity contribution >= 4 is 6.16 Å². The average Bonchev–Trinajstić information content (AvgIpc) is 2.56. The van der Waals surface area contributed by atoms with Crippen LogP contribution in [0.5, 0.6) is 0 Å². The molecule has 0 aromatic heterocycles. The van der Waals surface area contributed by atoms with Crippen molar-refractivity contribution in [3.05, 3.63) is 0 Å². The van der Waals surface area contributed by atoms with E-state index in [4.69, 9.17) is 14.2 Å². The lowest BCUT2D eigenvalue weighted by Gasteiger charge is -2.31. The van der Waals surface area contributed by atoms with Gasteiger partial charge in [-0.25, -0.2) is 4.79 Å². The summed E-state index contributed by atoms with van der Waals surface area (Å²) in [6.45, 7) is 16.3. The smallest absolute Gasteiger partial charge is 0.434 e. The van der Waals surface area contributed by atoms with Gasteiger partial charge in [0.25, 0.3) is 0 Å². The highest BCUT2D eigenvalue weighted by Gasteiger charge is 2.28. The Labute approximate surface area is 148 Å². The normalized spacial score (nSPS) is 18.4. The van der Waals surface area contributed by atoms with Gasteiger partial charge in [-0.15, -0.1) is 0 Å². The van der Waals surface area contributed by atoms with E-state index in [9.17, 15) is 9.90 Å². The van der Waals surface area contributed by atoms with Crippen LogP contribution in [-0.4, -0.2) is 41.8 Å². The fraction of sp³-hybridized carbons (Fsp3) is 0.947. The van der Waals surface area contributed by atoms with E-state index in [2.05, 4.69) is 0 Å². The summed E-state index contributed by atoms with van der Waals surface area (Å²) in [5.41, 5.74) is -1.20. The van der Waals surface area contributed by atoms with Gasteiger partial charge in [0.05, 0.1) is 24.9 Å². The van der Waals surface area contributed by atoms with Gasteiger partial charge in [-0.05, 0) is 40.0 Å². The van der Waals surface area contributed by atoms with E-state index >= 15 is 0 Å². The Kier molecular flexibility index (Phi) is 9.90. The number of hydrogen-bond donors (Lipinski definition) is 1. The van der Waals surface area contributed by atoms with Crippen LogP contribution in [0, 0.1) is 11.8 Å². The van der Waals surface area contributed by atoms with Crippen LogP contribution in [0.4, 0.5) is 4.79 Å². The van der Waals surface area contributed by atoms with Crippen LogP contribution in [0.3, 0.4) is 0 Å². The minimum absolute atomic E-state index is 0.0397. The molecule has 144 valence electrons. The van der Waals surface area contributed by atoms with E-state index in [0.29, 0.717) is 13.0 Å². The Bertz CT molecular complexity index is 363. The minimum Gasteiger partial charge on any atom is -0.434 e. The summed E-state index contributed by atoms with van der Waals surface area (Å²) in [6.07, 6.45) is 1.50. The van der Waals surface area contributed by atoms with E-state index in [1.807, 2.05) is 55.4 Å². The number of aliphatic hydroxyl groups is 1. The van der Waals surface area contributed by atoms with Crippen LogP contribution in [0.2, 0.25) is 0 Å².